The van der Waals surface area contributed by atoms with Gasteiger partial charge in [0.25, 0.3) is 0 Å². The third-order valence-electron chi connectivity index (χ3n) is 6.03. The van der Waals surface area contributed by atoms with Crippen LogP contribution in [-0.2, 0) is 16.0 Å². The molecule has 2 aliphatic heterocycles. The normalized spacial score (nSPS) is 23.2. The van der Waals surface area contributed by atoms with Gasteiger partial charge in [0.1, 0.15) is 45.4 Å². The maximum Gasteiger partial charge on any atom is 0.316 e. The summed E-state index contributed by atoms with van der Waals surface area (Å²) in [5, 5.41) is 0.819. The van der Waals surface area contributed by atoms with E-state index < -0.39 is 0 Å². The van der Waals surface area contributed by atoms with Crippen LogP contribution in [0.15, 0.2) is 52.3 Å². The van der Waals surface area contributed by atoms with Crippen molar-refractivity contribution in [3.63, 3.8) is 0 Å². The number of nitrogens with one attached hydrogen (secondary N) is 2. The molecule has 2 N–H and O–H groups in total. The number of hydrogen-bond donors (Lipinski definition) is 2. The number of halogens is 1. The van der Waals surface area contributed by atoms with Crippen LogP contribution in [0.2, 0.25) is 5.02 Å². The van der Waals surface area contributed by atoms with Crippen LogP contribution in [0, 0.1) is 0 Å². The van der Waals surface area contributed by atoms with Crippen molar-refractivity contribution >= 4 is 41.1 Å². The lowest BCUT2D eigenvalue weighted by Gasteiger charge is -2.35. The van der Waals surface area contributed by atoms with Crippen LogP contribution in [0.3, 0.4) is 0 Å². The van der Waals surface area contributed by atoms with E-state index in [0.29, 0.717) is 18.4 Å². The predicted octanol–water partition coefficient (Wildman–Crippen LogP) is 1.78. The molecule has 7 heteroatoms. The Balaban J connectivity index is 1.42. The zero-order chi connectivity index (χ0) is 20.9. The summed E-state index contributed by atoms with van der Waals surface area (Å²) in [6.07, 6.45) is 2.95. The molecule has 2 heterocycles. The van der Waals surface area contributed by atoms with Gasteiger partial charge in [-0.15, -0.1) is 0 Å². The number of piperazine rings is 1. The SMILES string of the molecule is CSCC(=O)OCC[NH+]1CC[NH+]([C@H]2Cc3cc(Cl)ccc3Sc3ccccc32)CC1. The topological polar surface area (TPSA) is 35.2 Å². The van der Waals surface area contributed by atoms with Gasteiger partial charge in [-0.25, -0.2) is 0 Å². The second-order valence-corrected chi connectivity index (χ2v) is 10.3. The minimum Gasteiger partial charge on any atom is -0.459 e. The molecule has 1 saturated heterocycles. The standard InChI is InChI=1S/C23H27ClN2O2S2/c1-29-16-23(27)28-13-12-25-8-10-26(11-9-25)20-15-17-14-18(24)6-7-21(17)30-22-5-3-2-4-19(20)22/h2-7,14,20H,8-13,15-16H2,1H3/p+2/t20-/m0/s1. The molecule has 2 aliphatic rings. The van der Waals surface area contributed by atoms with E-state index in [0.717, 1.165) is 44.2 Å². The Kier molecular flexibility index (Phi) is 7.65. The van der Waals surface area contributed by atoms with Crippen molar-refractivity contribution in [1.29, 1.82) is 0 Å². The van der Waals surface area contributed by atoms with Crippen LogP contribution in [0.25, 0.3) is 0 Å². The van der Waals surface area contributed by atoms with Crippen LogP contribution < -0.4 is 9.80 Å². The quantitative estimate of drug-likeness (QED) is 0.639. The van der Waals surface area contributed by atoms with Crippen LogP contribution in [0.5, 0.6) is 0 Å². The number of hydrogen-bond acceptors (Lipinski definition) is 4. The summed E-state index contributed by atoms with van der Waals surface area (Å²) in [4.78, 5) is 17.4. The lowest BCUT2D eigenvalue weighted by molar-refractivity contribution is -1.03. The van der Waals surface area contributed by atoms with E-state index in [-0.39, 0.29) is 5.97 Å². The van der Waals surface area contributed by atoms with Crippen molar-refractivity contribution in [2.75, 3.05) is 51.3 Å². The zero-order valence-electron chi connectivity index (χ0n) is 17.3. The number of quaternary nitrogens is 2. The first-order chi connectivity index (χ1) is 14.6. The van der Waals surface area contributed by atoms with E-state index in [9.17, 15) is 4.79 Å². The molecule has 2 aromatic rings. The summed E-state index contributed by atoms with van der Waals surface area (Å²) in [5.74, 6) is 0.341. The molecule has 0 spiro atoms. The number of thioether (sulfide) groups is 1. The van der Waals surface area contributed by atoms with E-state index in [4.69, 9.17) is 16.3 Å². The average molecular weight is 465 g/mol. The van der Waals surface area contributed by atoms with E-state index in [1.54, 1.807) is 4.90 Å². The third kappa shape index (κ3) is 5.35. The van der Waals surface area contributed by atoms with E-state index >= 15 is 0 Å². The highest BCUT2D eigenvalue weighted by Crippen LogP contribution is 2.40. The Morgan fingerprint density at radius 3 is 2.77 bits per heavy atom. The van der Waals surface area contributed by atoms with Gasteiger partial charge in [-0.3, -0.25) is 4.79 Å². The molecule has 0 unspecified atom stereocenters. The number of esters is 1. The van der Waals surface area contributed by atoms with Gasteiger partial charge in [-0.05, 0) is 36.1 Å². The minimum absolute atomic E-state index is 0.101. The fourth-order valence-corrected chi connectivity index (χ4v) is 6.11. The first kappa shape index (κ1) is 22.0. The summed E-state index contributed by atoms with van der Waals surface area (Å²) >= 11 is 9.71. The monoisotopic (exact) mass is 464 g/mol. The van der Waals surface area contributed by atoms with Crippen LogP contribution in [-0.4, -0.2) is 57.3 Å². The molecule has 0 aliphatic carbocycles. The van der Waals surface area contributed by atoms with Gasteiger partial charge < -0.3 is 14.5 Å². The van der Waals surface area contributed by atoms with E-state index in [1.807, 2.05) is 24.1 Å². The molecule has 0 saturated carbocycles. The molecule has 0 bridgehead atoms. The van der Waals surface area contributed by atoms with Crippen LogP contribution >= 0.6 is 35.1 Å². The molecule has 4 nitrogen and oxygen atoms in total. The lowest BCUT2D eigenvalue weighted by atomic mass is 9.96. The van der Waals surface area contributed by atoms with Crippen molar-refractivity contribution in [2.45, 2.75) is 22.3 Å². The number of rotatable bonds is 6. The lowest BCUT2D eigenvalue weighted by Crippen LogP contribution is -3.28. The second-order valence-electron chi connectivity index (χ2n) is 7.96. The van der Waals surface area contributed by atoms with Gasteiger partial charge >= 0.3 is 5.97 Å². The highest BCUT2D eigenvalue weighted by Gasteiger charge is 2.34. The molecule has 30 heavy (non-hydrogen) atoms. The Morgan fingerprint density at radius 2 is 1.97 bits per heavy atom. The molecular formula is C23H29ClN2O2S2+2. The number of benzene rings is 2. The molecule has 0 radical (unpaired) electrons. The van der Waals surface area contributed by atoms with Crippen LogP contribution in [0.4, 0.5) is 0 Å². The summed E-state index contributed by atoms with van der Waals surface area (Å²) in [5.41, 5.74) is 2.82. The Morgan fingerprint density at radius 1 is 1.17 bits per heavy atom. The van der Waals surface area contributed by atoms with Gasteiger partial charge in [0.2, 0.25) is 0 Å². The van der Waals surface area contributed by atoms with Crippen molar-refractivity contribution in [2.24, 2.45) is 0 Å². The smallest absolute Gasteiger partial charge is 0.316 e. The molecule has 0 aromatic heterocycles. The van der Waals surface area contributed by atoms with Crippen molar-refractivity contribution in [3.05, 3.63) is 58.6 Å². The fourth-order valence-electron chi connectivity index (χ4n) is 4.47. The molecule has 160 valence electrons. The molecule has 1 fully saturated rings. The predicted molar refractivity (Wildman–Crippen MR) is 124 cm³/mol. The number of ether oxygens (including phenoxy) is 1. The first-order valence-corrected chi connectivity index (χ1v) is 13.1. The molecule has 2 aromatic carbocycles. The second kappa shape index (κ2) is 10.4. The highest BCUT2D eigenvalue weighted by molar-refractivity contribution is 7.99. The number of carbonyl (C=O) groups excluding carboxylic acids is 1. The highest BCUT2D eigenvalue weighted by atomic mass is 35.5. The van der Waals surface area contributed by atoms with Crippen molar-refractivity contribution < 1.29 is 19.3 Å². The summed E-state index contributed by atoms with van der Waals surface area (Å²) < 4.78 is 5.34. The minimum atomic E-state index is -0.101. The average Bonchev–Trinajstić information content (AvgIpc) is 2.91. The van der Waals surface area contributed by atoms with E-state index in [2.05, 4.69) is 36.4 Å². The van der Waals surface area contributed by atoms with Gasteiger partial charge in [-0.1, -0.05) is 41.6 Å². The molecule has 0 amide bonds. The molecular weight excluding hydrogens is 436 g/mol. The van der Waals surface area contributed by atoms with Crippen molar-refractivity contribution in [1.82, 2.24) is 0 Å². The summed E-state index contributed by atoms with van der Waals surface area (Å²) in [7, 11) is 0. The molecule has 4 rings (SSSR count). The summed E-state index contributed by atoms with van der Waals surface area (Å²) in [6.45, 7) is 5.93. The van der Waals surface area contributed by atoms with Crippen LogP contribution in [0.1, 0.15) is 17.2 Å². The fraction of sp³-hybridized carbons (Fsp3) is 0.435. The Bertz CT molecular complexity index is 887. The number of carbonyl (C=O) groups is 1. The van der Waals surface area contributed by atoms with Gasteiger partial charge in [0.15, 0.2) is 0 Å². The largest absolute Gasteiger partial charge is 0.459 e. The number of fused-ring (bicyclic) bond motifs is 2. The van der Waals surface area contributed by atoms with Gasteiger partial charge in [0.05, 0.1) is 5.75 Å². The zero-order valence-corrected chi connectivity index (χ0v) is 19.7. The Labute approximate surface area is 192 Å². The maximum atomic E-state index is 11.5. The summed E-state index contributed by atoms with van der Waals surface area (Å²) in [6, 6.07) is 15.6. The maximum absolute atomic E-state index is 11.5. The van der Waals surface area contributed by atoms with Crippen molar-refractivity contribution in [3.8, 4) is 0 Å². The van der Waals surface area contributed by atoms with E-state index in [1.165, 1.54) is 37.6 Å². The van der Waals surface area contributed by atoms with Gasteiger partial charge in [-0.2, -0.15) is 11.8 Å². The molecule has 1 atom stereocenters. The Hall–Kier alpha value is -1.18. The van der Waals surface area contributed by atoms with Gasteiger partial charge in [0, 0.05) is 26.8 Å². The third-order valence-corrected chi connectivity index (χ3v) is 8.00. The first-order valence-electron chi connectivity index (χ1n) is 10.5.